The number of aromatic nitrogens is 1. The van der Waals surface area contributed by atoms with Gasteiger partial charge in [0.15, 0.2) is 5.13 Å². The molecule has 0 aliphatic heterocycles. The number of nitrogens with zero attached hydrogens (tertiary/aromatic N) is 1. The Hall–Kier alpha value is -1.68. The summed E-state index contributed by atoms with van der Waals surface area (Å²) in [6.45, 7) is 4.29. The van der Waals surface area contributed by atoms with Crippen molar-refractivity contribution in [3.63, 3.8) is 0 Å². The molecule has 0 spiro atoms. The van der Waals surface area contributed by atoms with Gasteiger partial charge in [-0.25, -0.2) is 9.37 Å². The summed E-state index contributed by atoms with van der Waals surface area (Å²) in [5.41, 5.74) is 1.58. The molecule has 1 heterocycles. The van der Waals surface area contributed by atoms with E-state index in [0.717, 1.165) is 16.4 Å². The molecule has 0 atom stereocenters. The van der Waals surface area contributed by atoms with Gasteiger partial charge in [-0.05, 0) is 12.1 Å². The Morgan fingerprint density at radius 2 is 2.38 bits per heavy atom. The summed E-state index contributed by atoms with van der Waals surface area (Å²) < 4.78 is 13.0. The fraction of sp³-hybridized carbons (Fsp3) is 0.0833. The van der Waals surface area contributed by atoms with E-state index in [0.29, 0.717) is 6.54 Å². The number of rotatable bonds is 4. The molecule has 2 nitrogen and oxygen atoms in total. The zero-order chi connectivity index (χ0) is 11.4. The second-order valence-corrected chi connectivity index (χ2v) is 4.08. The van der Waals surface area contributed by atoms with Gasteiger partial charge in [0, 0.05) is 17.5 Å². The van der Waals surface area contributed by atoms with Crippen LogP contribution in [0.5, 0.6) is 0 Å². The number of nitrogens with one attached hydrogen (secondary N) is 1. The zero-order valence-corrected chi connectivity index (χ0v) is 9.43. The van der Waals surface area contributed by atoms with E-state index in [-0.39, 0.29) is 5.82 Å². The minimum Gasteiger partial charge on any atom is -0.358 e. The smallest absolute Gasteiger partial charge is 0.183 e. The first kappa shape index (κ1) is 10.8. The molecule has 16 heavy (non-hydrogen) atoms. The Kier molecular flexibility index (Phi) is 3.31. The number of hydrogen-bond acceptors (Lipinski definition) is 3. The molecule has 0 radical (unpaired) electrons. The van der Waals surface area contributed by atoms with Crippen LogP contribution < -0.4 is 5.32 Å². The Morgan fingerprint density at radius 3 is 3.12 bits per heavy atom. The fourth-order valence-electron chi connectivity index (χ4n) is 1.29. The highest BCUT2D eigenvalue weighted by Crippen LogP contribution is 2.24. The Labute approximate surface area is 97.5 Å². The molecule has 82 valence electrons. The van der Waals surface area contributed by atoms with Crippen molar-refractivity contribution in [1.82, 2.24) is 4.98 Å². The first-order chi connectivity index (χ1) is 7.79. The molecule has 0 bridgehead atoms. The summed E-state index contributed by atoms with van der Waals surface area (Å²) in [5.74, 6) is -0.244. The summed E-state index contributed by atoms with van der Waals surface area (Å²) in [5, 5.41) is 5.82. The van der Waals surface area contributed by atoms with E-state index in [1.54, 1.807) is 12.1 Å². The highest BCUT2D eigenvalue weighted by molar-refractivity contribution is 7.14. The largest absolute Gasteiger partial charge is 0.358 e. The fourth-order valence-corrected chi connectivity index (χ4v) is 2.02. The summed E-state index contributed by atoms with van der Waals surface area (Å²) in [6.07, 6.45) is 1.77. The molecule has 2 aromatic rings. The van der Waals surface area contributed by atoms with Crippen molar-refractivity contribution in [2.75, 3.05) is 11.9 Å². The van der Waals surface area contributed by atoms with Crippen molar-refractivity contribution < 1.29 is 4.39 Å². The Morgan fingerprint density at radius 1 is 1.50 bits per heavy atom. The molecule has 4 heteroatoms. The summed E-state index contributed by atoms with van der Waals surface area (Å²) >= 11 is 1.50. The molecular weight excluding hydrogens is 223 g/mol. The maximum absolute atomic E-state index is 13.0. The van der Waals surface area contributed by atoms with E-state index < -0.39 is 0 Å². The average Bonchev–Trinajstić information content (AvgIpc) is 2.75. The summed E-state index contributed by atoms with van der Waals surface area (Å²) in [4.78, 5) is 4.35. The van der Waals surface area contributed by atoms with Crippen LogP contribution in [-0.2, 0) is 0 Å². The molecule has 0 unspecified atom stereocenters. The second kappa shape index (κ2) is 4.90. The zero-order valence-electron chi connectivity index (χ0n) is 8.61. The molecule has 0 aliphatic rings. The summed E-state index contributed by atoms with van der Waals surface area (Å²) in [6, 6.07) is 6.43. The molecule has 0 saturated heterocycles. The normalized spacial score (nSPS) is 10.1. The van der Waals surface area contributed by atoms with E-state index in [9.17, 15) is 4.39 Å². The van der Waals surface area contributed by atoms with Gasteiger partial charge in [-0.15, -0.1) is 17.9 Å². The van der Waals surface area contributed by atoms with E-state index in [1.165, 1.54) is 23.5 Å². The highest BCUT2D eigenvalue weighted by atomic mass is 32.1. The van der Waals surface area contributed by atoms with Gasteiger partial charge in [0.2, 0.25) is 0 Å². The maximum Gasteiger partial charge on any atom is 0.183 e. The molecule has 0 fully saturated rings. The number of hydrogen-bond donors (Lipinski definition) is 1. The Bertz CT molecular complexity index is 493. The summed E-state index contributed by atoms with van der Waals surface area (Å²) in [7, 11) is 0. The van der Waals surface area contributed by atoms with Crippen molar-refractivity contribution in [3.8, 4) is 11.3 Å². The number of benzene rings is 1. The van der Waals surface area contributed by atoms with Crippen molar-refractivity contribution in [2.45, 2.75) is 0 Å². The minimum absolute atomic E-state index is 0.244. The van der Waals surface area contributed by atoms with Crippen LogP contribution >= 0.6 is 11.3 Å². The molecule has 1 N–H and O–H groups in total. The molecule has 2 rings (SSSR count). The van der Waals surface area contributed by atoms with Crippen molar-refractivity contribution >= 4 is 16.5 Å². The number of thiazole rings is 1. The van der Waals surface area contributed by atoms with Crippen LogP contribution in [0, 0.1) is 5.82 Å². The lowest BCUT2D eigenvalue weighted by molar-refractivity contribution is 0.628. The maximum atomic E-state index is 13.0. The number of anilines is 1. The van der Waals surface area contributed by atoms with Crippen LogP contribution in [0.15, 0.2) is 42.3 Å². The topological polar surface area (TPSA) is 24.9 Å². The van der Waals surface area contributed by atoms with Gasteiger partial charge < -0.3 is 5.32 Å². The van der Waals surface area contributed by atoms with Gasteiger partial charge in [0.25, 0.3) is 0 Å². The third kappa shape index (κ3) is 2.46. The van der Waals surface area contributed by atoms with Gasteiger partial charge in [-0.2, -0.15) is 0 Å². The average molecular weight is 234 g/mol. The minimum atomic E-state index is -0.244. The van der Waals surface area contributed by atoms with E-state index >= 15 is 0 Å². The van der Waals surface area contributed by atoms with E-state index in [2.05, 4.69) is 16.9 Å². The lowest BCUT2D eigenvalue weighted by Crippen LogP contribution is -1.96. The van der Waals surface area contributed by atoms with Crippen molar-refractivity contribution in [1.29, 1.82) is 0 Å². The van der Waals surface area contributed by atoms with Crippen LogP contribution in [-0.4, -0.2) is 11.5 Å². The van der Waals surface area contributed by atoms with Gasteiger partial charge in [-0.3, -0.25) is 0 Å². The first-order valence-electron chi connectivity index (χ1n) is 4.86. The molecule has 0 aliphatic carbocycles. The predicted molar refractivity (Wildman–Crippen MR) is 66.2 cm³/mol. The predicted octanol–water partition coefficient (Wildman–Crippen LogP) is 3.55. The van der Waals surface area contributed by atoms with Crippen LogP contribution in [0.4, 0.5) is 9.52 Å². The van der Waals surface area contributed by atoms with Crippen LogP contribution in [0.2, 0.25) is 0 Å². The van der Waals surface area contributed by atoms with Crippen LogP contribution in [0.3, 0.4) is 0 Å². The third-order valence-electron chi connectivity index (χ3n) is 2.02. The quantitative estimate of drug-likeness (QED) is 0.818. The molecule has 0 saturated carbocycles. The van der Waals surface area contributed by atoms with Crippen LogP contribution in [0.25, 0.3) is 11.3 Å². The van der Waals surface area contributed by atoms with Gasteiger partial charge in [0.05, 0.1) is 5.69 Å². The molecular formula is C12H11FN2S. The monoisotopic (exact) mass is 234 g/mol. The second-order valence-electron chi connectivity index (χ2n) is 3.22. The van der Waals surface area contributed by atoms with Gasteiger partial charge in [-0.1, -0.05) is 18.2 Å². The van der Waals surface area contributed by atoms with E-state index in [1.807, 2.05) is 11.4 Å². The molecule has 1 aromatic heterocycles. The number of halogens is 1. The first-order valence-corrected chi connectivity index (χ1v) is 5.74. The van der Waals surface area contributed by atoms with E-state index in [4.69, 9.17) is 0 Å². The SMILES string of the molecule is C=CCNc1nc(-c2cccc(F)c2)cs1. The lowest BCUT2D eigenvalue weighted by Gasteiger charge is -1.97. The van der Waals surface area contributed by atoms with Crippen molar-refractivity contribution in [2.24, 2.45) is 0 Å². The highest BCUT2D eigenvalue weighted by Gasteiger charge is 2.04. The third-order valence-corrected chi connectivity index (χ3v) is 2.82. The van der Waals surface area contributed by atoms with Crippen LogP contribution in [0.1, 0.15) is 0 Å². The standard InChI is InChI=1S/C12H11FN2S/c1-2-6-14-12-15-11(8-16-12)9-4-3-5-10(13)7-9/h2-5,7-8H,1,6H2,(H,14,15). The van der Waals surface area contributed by atoms with Gasteiger partial charge in [0.1, 0.15) is 5.82 Å². The molecule has 1 aromatic carbocycles. The lowest BCUT2D eigenvalue weighted by atomic mass is 10.2. The molecule has 0 amide bonds. The Balaban J connectivity index is 2.21. The van der Waals surface area contributed by atoms with Gasteiger partial charge >= 0.3 is 0 Å². The van der Waals surface area contributed by atoms with Crippen molar-refractivity contribution in [3.05, 3.63) is 48.1 Å².